The monoisotopic (exact) mass is 414 g/mol. The number of hydrogen-bond acceptors (Lipinski definition) is 3. The molecule has 0 aromatic carbocycles. The first kappa shape index (κ1) is 23.5. The first-order valence-corrected chi connectivity index (χ1v) is 11.9. The highest BCUT2D eigenvalue weighted by atomic mass is 16.3. The van der Waals surface area contributed by atoms with Gasteiger partial charge < -0.3 is 15.3 Å². The molecule has 3 heteroatoms. The Morgan fingerprint density at radius 2 is 2.00 bits per heavy atom. The second-order valence-electron chi connectivity index (χ2n) is 10.7. The van der Waals surface area contributed by atoms with Crippen LogP contribution in [0.3, 0.4) is 0 Å². The molecule has 0 aliphatic heterocycles. The maximum atomic E-state index is 10.4. The van der Waals surface area contributed by atoms with Crippen LogP contribution in [0.2, 0.25) is 0 Å². The van der Waals surface area contributed by atoms with Crippen LogP contribution in [0.4, 0.5) is 0 Å². The fraction of sp³-hybridized carbons (Fsp3) is 0.704. The highest BCUT2D eigenvalue weighted by Gasteiger charge is 2.50. The molecule has 3 nitrogen and oxygen atoms in total. The van der Waals surface area contributed by atoms with Gasteiger partial charge in [-0.2, -0.15) is 0 Å². The van der Waals surface area contributed by atoms with Crippen molar-refractivity contribution in [3.8, 4) is 0 Å². The predicted octanol–water partition coefficient (Wildman–Crippen LogP) is 5.48. The largest absolute Gasteiger partial charge is 0.393 e. The van der Waals surface area contributed by atoms with Crippen LogP contribution in [0, 0.1) is 23.2 Å². The summed E-state index contributed by atoms with van der Waals surface area (Å²) < 4.78 is 0. The van der Waals surface area contributed by atoms with Crippen molar-refractivity contribution in [1.29, 1.82) is 0 Å². The summed E-state index contributed by atoms with van der Waals surface area (Å²) in [5.41, 5.74) is 4.64. The predicted molar refractivity (Wildman–Crippen MR) is 124 cm³/mol. The molecule has 0 unspecified atom stereocenters. The van der Waals surface area contributed by atoms with E-state index in [1.54, 1.807) is 0 Å². The van der Waals surface area contributed by atoms with E-state index in [1.165, 1.54) is 31.3 Å². The Kier molecular flexibility index (Phi) is 7.48. The van der Waals surface area contributed by atoms with Gasteiger partial charge in [-0.3, -0.25) is 0 Å². The van der Waals surface area contributed by atoms with Crippen LogP contribution >= 0.6 is 0 Å². The summed E-state index contributed by atoms with van der Waals surface area (Å²) in [7, 11) is 0. The number of fused-ring (bicyclic) bond motifs is 1. The average molecular weight is 415 g/mol. The molecule has 0 saturated heterocycles. The van der Waals surface area contributed by atoms with Gasteiger partial charge in [0.2, 0.25) is 0 Å². The molecule has 3 fully saturated rings. The molecule has 3 aliphatic carbocycles. The van der Waals surface area contributed by atoms with Crippen LogP contribution in [0.5, 0.6) is 0 Å². The van der Waals surface area contributed by atoms with Gasteiger partial charge >= 0.3 is 0 Å². The molecule has 0 amide bonds. The number of aliphatic hydroxyl groups is 3. The fourth-order valence-corrected chi connectivity index (χ4v) is 6.76. The molecule has 0 aromatic heterocycles. The van der Waals surface area contributed by atoms with Crippen molar-refractivity contribution in [2.75, 3.05) is 0 Å². The summed E-state index contributed by atoms with van der Waals surface area (Å²) in [6.07, 6.45) is 11.6. The van der Waals surface area contributed by atoms with Gasteiger partial charge in [0.15, 0.2) is 0 Å². The molecule has 0 bridgehead atoms. The zero-order chi connectivity index (χ0) is 22.1. The summed E-state index contributed by atoms with van der Waals surface area (Å²) in [5, 5.41) is 30.6. The maximum Gasteiger partial charge on any atom is 0.0811 e. The Labute approximate surface area is 183 Å². The zero-order valence-electron chi connectivity index (χ0n) is 19.2. The third-order valence-electron chi connectivity index (χ3n) is 8.22. The Morgan fingerprint density at radius 1 is 1.27 bits per heavy atom. The molecule has 0 heterocycles. The lowest BCUT2D eigenvalue weighted by Gasteiger charge is -2.44. The molecule has 3 N–H and O–H groups in total. The SMILES string of the molecule is C=C(C)C[C@H](O)C[C@@H](C)[C@H]1CC[C@H]2C(=CC=C3C[C@H](O)C[C@@H](O)C3=C)CCC[C@]12C. The molecule has 7 atom stereocenters. The van der Waals surface area contributed by atoms with Crippen molar-refractivity contribution in [3.05, 3.63) is 47.6 Å². The van der Waals surface area contributed by atoms with Crippen molar-refractivity contribution in [2.24, 2.45) is 23.2 Å². The van der Waals surface area contributed by atoms with Crippen molar-refractivity contribution < 1.29 is 15.3 Å². The molecule has 3 rings (SSSR count). The van der Waals surface area contributed by atoms with Crippen molar-refractivity contribution in [3.63, 3.8) is 0 Å². The van der Waals surface area contributed by atoms with E-state index < -0.39 is 12.2 Å². The highest BCUT2D eigenvalue weighted by Crippen LogP contribution is 2.60. The van der Waals surface area contributed by atoms with E-state index in [9.17, 15) is 15.3 Å². The van der Waals surface area contributed by atoms with E-state index in [-0.39, 0.29) is 6.10 Å². The summed E-state index contributed by atoms with van der Waals surface area (Å²) >= 11 is 0. The number of rotatable bonds is 6. The quantitative estimate of drug-likeness (QED) is 0.504. The van der Waals surface area contributed by atoms with E-state index >= 15 is 0 Å². The molecule has 0 aromatic rings. The minimum Gasteiger partial charge on any atom is -0.393 e. The van der Waals surface area contributed by atoms with Crippen LogP contribution in [0.25, 0.3) is 0 Å². The van der Waals surface area contributed by atoms with Crippen LogP contribution in [0.15, 0.2) is 47.6 Å². The van der Waals surface area contributed by atoms with Crippen molar-refractivity contribution in [1.82, 2.24) is 0 Å². The minimum atomic E-state index is -0.627. The first-order chi connectivity index (χ1) is 14.1. The topological polar surface area (TPSA) is 60.7 Å². The Bertz CT molecular complexity index is 718. The second kappa shape index (κ2) is 9.54. The summed E-state index contributed by atoms with van der Waals surface area (Å²) in [6, 6.07) is 0. The number of hydrogen-bond donors (Lipinski definition) is 3. The summed E-state index contributed by atoms with van der Waals surface area (Å²) in [4.78, 5) is 0. The lowest BCUT2D eigenvalue weighted by atomic mass is 9.60. The van der Waals surface area contributed by atoms with Gasteiger partial charge in [-0.05, 0) is 92.6 Å². The third kappa shape index (κ3) is 5.00. The molecular weight excluding hydrogens is 372 g/mol. The molecule has 0 spiro atoms. The lowest BCUT2D eigenvalue weighted by molar-refractivity contribution is 0.0641. The Morgan fingerprint density at radius 3 is 2.70 bits per heavy atom. The van der Waals surface area contributed by atoms with Crippen molar-refractivity contribution in [2.45, 2.75) is 96.9 Å². The molecule has 168 valence electrons. The molecule has 3 saturated carbocycles. The van der Waals surface area contributed by atoms with Gasteiger partial charge in [0, 0.05) is 6.42 Å². The van der Waals surface area contributed by atoms with Gasteiger partial charge in [0.25, 0.3) is 0 Å². The third-order valence-corrected chi connectivity index (χ3v) is 8.22. The molecule has 0 radical (unpaired) electrons. The van der Waals surface area contributed by atoms with Gasteiger partial charge in [0.1, 0.15) is 0 Å². The normalized spacial score (nSPS) is 39.2. The van der Waals surface area contributed by atoms with E-state index in [1.807, 2.05) is 6.92 Å². The highest BCUT2D eigenvalue weighted by molar-refractivity contribution is 5.38. The fourth-order valence-electron chi connectivity index (χ4n) is 6.76. The van der Waals surface area contributed by atoms with E-state index in [0.717, 1.165) is 29.6 Å². The zero-order valence-corrected chi connectivity index (χ0v) is 19.2. The lowest BCUT2D eigenvalue weighted by Crippen LogP contribution is -2.36. The van der Waals surface area contributed by atoms with E-state index in [4.69, 9.17) is 0 Å². The smallest absolute Gasteiger partial charge is 0.0811 e. The van der Waals surface area contributed by atoms with Crippen LogP contribution in [-0.4, -0.2) is 33.6 Å². The molecule has 30 heavy (non-hydrogen) atoms. The van der Waals surface area contributed by atoms with Gasteiger partial charge in [-0.1, -0.05) is 43.7 Å². The summed E-state index contributed by atoms with van der Waals surface area (Å²) in [6.45, 7) is 14.8. The minimum absolute atomic E-state index is 0.279. The van der Waals surface area contributed by atoms with Crippen LogP contribution < -0.4 is 0 Å². The molecular formula is C27H42O3. The van der Waals surface area contributed by atoms with E-state index in [0.29, 0.717) is 42.4 Å². The first-order valence-electron chi connectivity index (χ1n) is 11.9. The Hall–Kier alpha value is -1.16. The van der Waals surface area contributed by atoms with Gasteiger partial charge in [-0.25, -0.2) is 0 Å². The second-order valence-corrected chi connectivity index (χ2v) is 10.7. The number of allylic oxidation sites excluding steroid dienone is 3. The number of aliphatic hydroxyl groups excluding tert-OH is 3. The molecule has 3 aliphatic rings. The Balaban J connectivity index is 1.74. The van der Waals surface area contributed by atoms with E-state index in [2.05, 4.69) is 39.2 Å². The maximum absolute atomic E-state index is 10.4. The summed E-state index contributed by atoms with van der Waals surface area (Å²) in [5.74, 6) is 1.75. The van der Waals surface area contributed by atoms with Gasteiger partial charge in [0.05, 0.1) is 18.3 Å². The van der Waals surface area contributed by atoms with Crippen LogP contribution in [-0.2, 0) is 0 Å². The van der Waals surface area contributed by atoms with Gasteiger partial charge in [-0.15, -0.1) is 6.58 Å². The standard InChI is InChI=1S/C27H42O3/c1-17(2)13-22(28)14-18(3)24-10-11-25-20(7-6-12-27(24,25)5)8-9-21-15-23(29)16-26(30)19(21)4/h8-9,18,22-26,28-30H,1,4,6-7,10-16H2,2-3,5H3/t18-,22+,23+,24-,25+,26-,27-/m1/s1. The average Bonchev–Trinajstić information content (AvgIpc) is 3.00. The van der Waals surface area contributed by atoms with Crippen molar-refractivity contribution >= 4 is 0 Å². The van der Waals surface area contributed by atoms with Crippen LogP contribution in [0.1, 0.15) is 78.6 Å².